The van der Waals surface area contributed by atoms with Gasteiger partial charge in [-0.15, -0.1) is 0 Å². The van der Waals surface area contributed by atoms with E-state index in [1.807, 2.05) is 95.3 Å². The van der Waals surface area contributed by atoms with Gasteiger partial charge in [0.1, 0.15) is 17.7 Å². The molecule has 3 rings (SSSR count). The minimum Gasteiger partial charge on any atom is -0.444 e. The zero-order chi connectivity index (χ0) is 29.8. The fraction of sp³-hybridized carbons (Fsp3) is 0.406. The molecule has 0 bridgehead atoms. The Hall–Kier alpha value is -3.52. The van der Waals surface area contributed by atoms with Crippen LogP contribution in [0.1, 0.15) is 64.3 Å². The van der Waals surface area contributed by atoms with Gasteiger partial charge < -0.3 is 20.3 Å². The first-order valence-electron chi connectivity index (χ1n) is 13.4. The van der Waals surface area contributed by atoms with E-state index in [0.717, 1.165) is 21.9 Å². The molecular formula is C32H41N3O4S. The zero-order valence-electron chi connectivity index (χ0n) is 24.7. The van der Waals surface area contributed by atoms with E-state index in [0.29, 0.717) is 11.3 Å². The minimum atomic E-state index is -1.02. The van der Waals surface area contributed by atoms with Crippen LogP contribution in [-0.2, 0) is 14.3 Å². The molecule has 0 heterocycles. The molecule has 7 nitrogen and oxygen atoms in total. The maximum absolute atomic E-state index is 14.2. The smallest absolute Gasteiger partial charge is 0.408 e. The van der Waals surface area contributed by atoms with Gasteiger partial charge in [0.25, 0.3) is 5.91 Å². The van der Waals surface area contributed by atoms with Crippen LogP contribution in [0.5, 0.6) is 0 Å². The van der Waals surface area contributed by atoms with Crippen molar-refractivity contribution in [1.82, 2.24) is 10.2 Å². The molecule has 3 aromatic rings. The van der Waals surface area contributed by atoms with Crippen LogP contribution in [0.2, 0.25) is 0 Å². The van der Waals surface area contributed by atoms with Gasteiger partial charge in [-0.1, -0.05) is 54.1 Å². The van der Waals surface area contributed by atoms with Crippen molar-refractivity contribution in [2.45, 2.75) is 78.6 Å². The van der Waals surface area contributed by atoms with E-state index in [4.69, 9.17) is 4.74 Å². The third kappa shape index (κ3) is 7.78. The van der Waals surface area contributed by atoms with Gasteiger partial charge in [-0.25, -0.2) is 4.79 Å². The molecule has 0 aliphatic carbocycles. The van der Waals surface area contributed by atoms with E-state index < -0.39 is 35.2 Å². The first-order chi connectivity index (χ1) is 18.6. The number of amides is 3. The molecule has 0 radical (unpaired) electrons. The van der Waals surface area contributed by atoms with E-state index in [1.165, 1.54) is 0 Å². The number of rotatable bonds is 7. The molecule has 2 N–H and O–H groups in total. The van der Waals surface area contributed by atoms with Crippen LogP contribution in [0, 0.1) is 13.8 Å². The number of hydrogen-bond acceptors (Lipinski definition) is 5. The van der Waals surface area contributed by atoms with Crippen LogP contribution in [0.4, 0.5) is 10.5 Å². The lowest BCUT2D eigenvalue weighted by molar-refractivity contribution is -0.146. The summed E-state index contributed by atoms with van der Waals surface area (Å²) in [5.74, 6) is -0.772. The zero-order valence-corrected chi connectivity index (χ0v) is 25.6. The summed E-state index contributed by atoms with van der Waals surface area (Å²) in [5, 5.41) is 7.76. The van der Waals surface area contributed by atoms with Gasteiger partial charge in [0.2, 0.25) is 5.91 Å². The number of thiol groups is 1. The molecule has 0 saturated heterocycles. The van der Waals surface area contributed by atoms with Crippen molar-refractivity contribution in [3.8, 4) is 0 Å². The SMILES string of the molecule is Cc1ccc(C)c(C(C(=O)Nc2ccc3ccccc3c2)N(C(=O)C(CS)NC(=O)OC(C)(C)C)C(C)(C)C)c1. The van der Waals surface area contributed by atoms with E-state index in [-0.39, 0.29) is 11.7 Å². The van der Waals surface area contributed by atoms with Crippen LogP contribution in [0.3, 0.4) is 0 Å². The highest BCUT2D eigenvalue weighted by Crippen LogP contribution is 2.33. The highest BCUT2D eigenvalue weighted by molar-refractivity contribution is 7.80. The van der Waals surface area contributed by atoms with E-state index in [1.54, 1.807) is 25.7 Å². The Morgan fingerprint density at radius 2 is 1.55 bits per heavy atom. The van der Waals surface area contributed by atoms with Gasteiger partial charge in [-0.2, -0.15) is 12.6 Å². The molecule has 0 aliphatic heterocycles. The molecule has 0 saturated carbocycles. The Bertz CT molecular complexity index is 1390. The largest absolute Gasteiger partial charge is 0.444 e. The number of ether oxygens (including phenoxy) is 1. The first kappa shape index (κ1) is 31.0. The summed E-state index contributed by atoms with van der Waals surface area (Å²) in [7, 11) is 0. The first-order valence-corrected chi connectivity index (χ1v) is 14.0. The predicted molar refractivity (Wildman–Crippen MR) is 165 cm³/mol. The van der Waals surface area contributed by atoms with Crippen molar-refractivity contribution in [1.29, 1.82) is 0 Å². The standard InChI is InChI=1S/C32H41N3O4S/c1-20-13-14-21(2)25(17-20)27(28(36)33-24-16-15-22-11-9-10-12-23(22)18-24)35(31(3,4)5)29(37)26(19-40)34-30(38)39-32(6,7)8/h9-18,26-27,40H,19H2,1-8H3,(H,33,36)(H,34,38). The molecule has 0 spiro atoms. The van der Waals surface area contributed by atoms with Crippen LogP contribution in [0.15, 0.2) is 60.7 Å². The molecule has 40 heavy (non-hydrogen) atoms. The van der Waals surface area contributed by atoms with Crippen molar-refractivity contribution < 1.29 is 19.1 Å². The van der Waals surface area contributed by atoms with Crippen LogP contribution < -0.4 is 10.6 Å². The van der Waals surface area contributed by atoms with Crippen LogP contribution in [-0.4, -0.2) is 45.7 Å². The van der Waals surface area contributed by atoms with Crippen molar-refractivity contribution in [3.05, 3.63) is 77.4 Å². The number of hydrogen-bond donors (Lipinski definition) is 3. The molecule has 0 aliphatic rings. The van der Waals surface area contributed by atoms with Gasteiger partial charge >= 0.3 is 6.09 Å². The topological polar surface area (TPSA) is 87.7 Å². The summed E-state index contributed by atoms with van der Waals surface area (Å²) < 4.78 is 5.39. The Morgan fingerprint density at radius 1 is 0.900 bits per heavy atom. The lowest BCUT2D eigenvalue weighted by Gasteiger charge is -2.43. The average molecular weight is 564 g/mol. The summed E-state index contributed by atoms with van der Waals surface area (Å²) in [6.07, 6.45) is -0.724. The monoisotopic (exact) mass is 563 g/mol. The number of nitrogens with one attached hydrogen (secondary N) is 2. The number of anilines is 1. The highest BCUT2D eigenvalue weighted by atomic mass is 32.1. The molecule has 0 fully saturated rings. The molecule has 3 aromatic carbocycles. The summed E-state index contributed by atoms with van der Waals surface area (Å²) in [6, 6.07) is 17.5. The number of carbonyl (C=O) groups is 3. The molecule has 0 aromatic heterocycles. The van der Waals surface area contributed by atoms with Gasteiger partial charge in [0.05, 0.1) is 0 Å². The molecule has 214 valence electrons. The normalized spacial score (nSPS) is 13.3. The predicted octanol–water partition coefficient (Wildman–Crippen LogP) is 6.59. The lowest BCUT2D eigenvalue weighted by atomic mass is 9.92. The highest BCUT2D eigenvalue weighted by Gasteiger charge is 2.42. The number of nitrogens with zero attached hydrogens (tertiary/aromatic N) is 1. The Kier molecular flexibility index (Phi) is 9.56. The fourth-order valence-corrected chi connectivity index (χ4v) is 4.83. The Morgan fingerprint density at radius 3 is 2.15 bits per heavy atom. The second-order valence-corrected chi connectivity index (χ2v) is 12.4. The Balaban J connectivity index is 2.07. The minimum absolute atomic E-state index is 0.0243. The average Bonchev–Trinajstić information content (AvgIpc) is 2.85. The van der Waals surface area contributed by atoms with Gasteiger partial charge in [-0.05, 0) is 89.4 Å². The van der Waals surface area contributed by atoms with Crippen molar-refractivity contribution in [2.75, 3.05) is 11.1 Å². The molecule has 2 unspecified atom stereocenters. The summed E-state index contributed by atoms with van der Waals surface area (Å²) in [5.41, 5.74) is 1.63. The van der Waals surface area contributed by atoms with Crippen LogP contribution >= 0.6 is 12.6 Å². The number of alkyl carbamates (subject to hydrolysis) is 1. The lowest BCUT2D eigenvalue weighted by Crippen LogP contribution is -2.58. The summed E-state index contributed by atoms with van der Waals surface area (Å²) in [4.78, 5) is 42.5. The molecule has 2 atom stereocenters. The van der Waals surface area contributed by atoms with Gasteiger partial charge in [-0.3, -0.25) is 9.59 Å². The van der Waals surface area contributed by atoms with Gasteiger partial charge in [0, 0.05) is 17.0 Å². The van der Waals surface area contributed by atoms with E-state index in [9.17, 15) is 14.4 Å². The number of carbonyl (C=O) groups excluding carboxylic acids is 3. The van der Waals surface area contributed by atoms with Crippen molar-refractivity contribution >= 4 is 47.0 Å². The summed E-state index contributed by atoms with van der Waals surface area (Å²) >= 11 is 4.37. The van der Waals surface area contributed by atoms with Crippen LogP contribution in [0.25, 0.3) is 10.8 Å². The van der Waals surface area contributed by atoms with E-state index >= 15 is 0 Å². The van der Waals surface area contributed by atoms with Gasteiger partial charge in [0.15, 0.2) is 0 Å². The second kappa shape index (κ2) is 12.3. The number of benzene rings is 3. The molecule has 3 amide bonds. The number of fused-ring (bicyclic) bond motifs is 1. The third-order valence-electron chi connectivity index (χ3n) is 6.38. The van der Waals surface area contributed by atoms with Crippen molar-refractivity contribution in [3.63, 3.8) is 0 Å². The second-order valence-electron chi connectivity index (χ2n) is 12.1. The molecular weight excluding hydrogens is 522 g/mol. The maximum atomic E-state index is 14.2. The van der Waals surface area contributed by atoms with Crippen molar-refractivity contribution in [2.24, 2.45) is 0 Å². The maximum Gasteiger partial charge on any atom is 0.408 e. The number of aryl methyl sites for hydroxylation is 2. The van der Waals surface area contributed by atoms with E-state index in [2.05, 4.69) is 23.3 Å². The summed E-state index contributed by atoms with van der Waals surface area (Å²) in [6.45, 7) is 14.7. The fourth-order valence-electron chi connectivity index (χ4n) is 4.58. The molecule has 8 heteroatoms. The quantitative estimate of drug-likeness (QED) is 0.283. The Labute approximate surface area is 243 Å². The third-order valence-corrected chi connectivity index (χ3v) is 6.75.